The van der Waals surface area contributed by atoms with Gasteiger partial charge < -0.3 is 10.2 Å². The third-order valence-corrected chi connectivity index (χ3v) is 5.55. The number of carbonyl (C=O) groups is 1. The van der Waals surface area contributed by atoms with E-state index in [-0.39, 0.29) is 24.7 Å². The van der Waals surface area contributed by atoms with Crippen LogP contribution in [0.4, 0.5) is 18.0 Å². The fourth-order valence-electron chi connectivity index (χ4n) is 2.94. The molecule has 0 heterocycles. The zero-order chi connectivity index (χ0) is 15.5. The summed E-state index contributed by atoms with van der Waals surface area (Å²) in [5.74, 6) is 0. The molecule has 0 aromatic heterocycles. The van der Waals surface area contributed by atoms with Gasteiger partial charge >= 0.3 is 12.2 Å². The normalized spacial score (nSPS) is 26.5. The van der Waals surface area contributed by atoms with Crippen molar-refractivity contribution < 1.29 is 18.0 Å². The van der Waals surface area contributed by atoms with Gasteiger partial charge in [0, 0.05) is 23.9 Å². The molecule has 0 saturated heterocycles. The number of nitrogens with zero attached hydrogens (tertiary/aromatic N) is 1. The van der Waals surface area contributed by atoms with Crippen LogP contribution in [0.5, 0.6) is 0 Å². The summed E-state index contributed by atoms with van der Waals surface area (Å²) in [6.07, 6.45) is 2.48. The number of carbonyl (C=O) groups excluding carboxylic acids is 1. The molecule has 0 aliphatic heterocycles. The number of halogens is 3. The lowest BCUT2D eigenvalue weighted by Gasteiger charge is -2.38. The molecular weight excluding hydrogens is 301 g/mol. The van der Waals surface area contributed by atoms with Gasteiger partial charge in [0.05, 0.1) is 6.42 Å². The summed E-state index contributed by atoms with van der Waals surface area (Å²) in [7, 11) is 0. The van der Waals surface area contributed by atoms with Gasteiger partial charge in [-0.2, -0.15) is 24.9 Å². The Balaban J connectivity index is 1.85. The van der Waals surface area contributed by atoms with Crippen molar-refractivity contribution in [3.8, 4) is 0 Å². The van der Waals surface area contributed by atoms with Crippen molar-refractivity contribution in [3.05, 3.63) is 0 Å². The fourth-order valence-corrected chi connectivity index (χ4v) is 3.73. The molecule has 21 heavy (non-hydrogen) atoms. The summed E-state index contributed by atoms with van der Waals surface area (Å²) >= 11 is 1.79. The molecule has 3 nitrogen and oxygen atoms in total. The van der Waals surface area contributed by atoms with Crippen LogP contribution in [0.2, 0.25) is 0 Å². The van der Waals surface area contributed by atoms with Crippen LogP contribution in [-0.4, -0.2) is 47.2 Å². The van der Waals surface area contributed by atoms with Crippen LogP contribution in [0.15, 0.2) is 0 Å². The van der Waals surface area contributed by atoms with E-state index in [0.717, 1.165) is 38.5 Å². The molecular formula is C14H23F3N2OS. The highest BCUT2D eigenvalue weighted by molar-refractivity contribution is 7.99. The van der Waals surface area contributed by atoms with Gasteiger partial charge in [-0.25, -0.2) is 4.79 Å². The Bertz CT molecular complexity index is 361. The van der Waals surface area contributed by atoms with Crippen LogP contribution in [0.1, 0.15) is 44.9 Å². The number of hydrogen-bond donors (Lipinski definition) is 1. The number of amides is 2. The van der Waals surface area contributed by atoms with Gasteiger partial charge in [0.2, 0.25) is 0 Å². The number of hydrogen-bond acceptors (Lipinski definition) is 2. The Morgan fingerprint density at radius 3 is 2.48 bits per heavy atom. The van der Waals surface area contributed by atoms with Gasteiger partial charge in [-0.1, -0.05) is 0 Å². The zero-order valence-electron chi connectivity index (χ0n) is 12.3. The molecule has 0 radical (unpaired) electrons. The minimum Gasteiger partial charge on any atom is -0.335 e. The fraction of sp³-hybridized carbons (Fsp3) is 0.929. The maximum absolute atomic E-state index is 12.4. The van der Waals surface area contributed by atoms with Gasteiger partial charge in [-0.05, 0) is 44.8 Å². The zero-order valence-corrected chi connectivity index (χ0v) is 13.1. The summed E-state index contributed by atoms with van der Waals surface area (Å²) in [5, 5.41) is 3.49. The van der Waals surface area contributed by atoms with E-state index in [4.69, 9.17) is 0 Å². The molecule has 2 fully saturated rings. The molecule has 0 aromatic rings. The van der Waals surface area contributed by atoms with Crippen LogP contribution in [0.25, 0.3) is 0 Å². The molecule has 2 rings (SSSR count). The van der Waals surface area contributed by atoms with E-state index in [1.807, 2.05) is 0 Å². The molecule has 2 aliphatic carbocycles. The molecule has 2 atom stereocenters. The maximum Gasteiger partial charge on any atom is 0.390 e. The van der Waals surface area contributed by atoms with E-state index in [9.17, 15) is 18.0 Å². The lowest BCUT2D eigenvalue weighted by atomic mass is 9.91. The summed E-state index contributed by atoms with van der Waals surface area (Å²) in [5.41, 5.74) is 0. The van der Waals surface area contributed by atoms with E-state index < -0.39 is 12.6 Å². The second-order valence-corrected chi connectivity index (χ2v) is 7.10. The highest BCUT2D eigenvalue weighted by Crippen LogP contribution is 2.30. The Labute approximate surface area is 128 Å². The Morgan fingerprint density at radius 1 is 1.29 bits per heavy atom. The van der Waals surface area contributed by atoms with Crippen molar-refractivity contribution in [1.82, 2.24) is 10.2 Å². The highest BCUT2D eigenvalue weighted by atomic mass is 32.2. The molecule has 2 saturated carbocycles. The van der Waals surface area contributed by atoms with Crippen molar-refractivity contribution in [1.29, 1.82) is 0 Å². The smallest absolute Gasteiger partial charge is 0.335 e. The average molecular weight is 324 g/mol. The van der Waals surface area contributed by atoms with Gasteiger partial charge in [-0.15, -0.1) is 0 Å². The second kappa shape index (κ2) is 7.11. The molecule has 0 bridgehead atoms. The van der Waals surface area contributed by atoms with E-state index in [2.05, 4.69) is 11.6 Å². The first-order valence-corrected chi connectivity index (χ1v) is 8.84. The molecule has 2 aliphatic rings. The van der Waals surface area contributed by atoms with Crippen molar-refractivity contribution in [2.75, 3.05) is 12.8 Å². The van der Waals surface area contributed by atoms with Crippen molar-refractivity contribution in [2.45, 2.75) is 68.5 Å². The molecule has 2 amide bonds. The predicted molar refractivity (Wildman–Crippen MR) is 78.5 cm³/mol. The first-order chi connectivity index (χ1) is 9.89. The lowest BCUT2D eigenvalue weighted by Crippen LogP contribution is -2.52. The van der Waals surface area contributed by atoms with Crippen molar-refractivity contribution >= 4 is 17.8 Å². The predicted octanol–water partition coefficient (Wildman–Crippen LogP) is 3.79. The minimum atomic E-state index is -4.21. The van der Waals surface area contributed by atoms with Crippen LogP contribution in [-0.2, 0) is 0 Å². The number of thioether (sulfide) groups is 1. The summed E-state index contributed by atoms with van der Waals surface area (Å²) in [6, 6.07) is -0.204. The van der Waals surface area contributed by atoms with Gasteiger partial charge in [0.15, 0.2) is 0 Å². The molecule has 0 unspecified atom stereocenters. The third kappa shape index (κ3) is 4.97. The maximum atomic E-state index is 12.4. The largest absolute Gasteiger partial charge is 0.390 e. The average Bonchev–Trinajstić information content (AvgIpc) is 2.78. The second-order valence-electron chi connectivity index (χ2n) is 5.96. The molecule has 122 valence electrons. The quantitative estimate of drug-likeness (QED) is 0.834. The summed E-state index contributed by atoms with van der Waals surface area (Å²) in [4.78, 5) is 13.7. The standard InChI is InChI=1S/C14H23F3N2OS/c1-21-12-6-5-10(9-12)18-13(20)19(11-3-2-4-11)8-7-14(15,16)17/h10-12H,2-9H2,1H3,(H,18,20)/t10-,12-/m1/s1. The molecule has 1 N–H and O–H groups in total. The first kappa shape index (κ1) is 16.8. The SMILES string of the molecule is CS[C@@H]1CC[C@@H](NC(=O)N(CCC(F)(F)F)C2CCC2)C1. The number of nitrogens with one attached hydrogen (secondary N) is 1. The van der Waals surface area contributed by atoms with Crippen LogP contribution < -0.4 is 5.32 Å². The highest BCUT2D eigenvalue weighted by Gasteiger charge is 2.35. The monoisotopic (exact) mass is 324 g/mol. The lowest BCUT2D eigenvalue weighted by molar-refractivity contribution is -0.137. The molecule has 0 spiro atoms. The van der Waals surface area contributed by atoms with E-state index in [1.165, 1.54) is 4.90 Å². The Hall–Kier alpha value is -0.590. The number of rotatable bonds is 5. The first-order valence-electron chi connectivity index (χ1n) is 7.55. The minimum absolute atomic E-state index is 0.00917. The summed E-state index contributed by atoms with van der Waals surface area (Å²) in [6.45, 7) is -0.224. The Morgan fingerprint density at radius 2 is 2.00 bits per heavy atom. The van der Waals surface area contributed by atoms with E-state index in [0.29, 0.717) is 5.25 Å². The van der Waals surface area contributed by atoms with Crippen molar-refractivity contribution in [3.63, 3.8) is 0 Å². The topological polar surface area (TPSA) is 32.3 Å². The van der Waals surface area contributed by atoms with Gasteiger partial charge in [-0.3, -0.25) is 0 Å². The van der Waals surface area contributed by atoms with Gasteiger partial charge in [0.25, 0.3) is 0 Å². The van der Waals surface area contributed by atoms with Gasteiger partial charge in [0.1, 0.15) is 0 Å². The molecule has 0 aromatic carbocycles. The summed E-state index contributed by atoms with van der Waals surface area (Å²) < 4.78 is 37.2. The molecule has 7 heteroatoms. The Kier molecular flexibility index (Phi) is 5.68. The van der Waals surface area contributed by atoms with Crippen LogP contribution >= 0.6 is 11.8 Å². The number of urea groups is 1. The van der Waals surface area contributed by atoms with Crippen LogP contribution in [0.3, 0.4) is 0 Å². The third-order valence-electron chi connectivity index (χ3n) is 4.46. The van der Waals surface area contributed by atoms with E-state index >= 15 is 0 Å². The van der Waals surface area contributed by atoms with Crippen molar-refractivity contribution in [2.24, 2.45) is 0 Å². The van der Waals surface area contributed by atoms with Crippen LogP contribution in [0, 0.1) is 0 Å². The van der Waals surface area contributed by atoms with E-state index in [1.54, 1.807) is 11.8 Å². The number of alkyl halides is 3.